The van der Waals surface area contributed by atoms with Crippen LogP contribution in [0, 0.1) is 11.6 Å². The molecule has 2 aromatic carbocycles. The molecule has 0 nitrogen and oxygen atoms in total. The maximum Gasteiger partial charge on any atom is 0.166 e. The summed E-state index contributed by atoms with van der Waals surface area (Å²) in [5, 5.41) is 0. The van der Waals surface area contributed by atoms with Gasteiger partial charge in [0, 0.05) is 5.56 Å². The van der Waals surface area contributed by atoms with Crippen molar-refractivity contribution in [3.63, 3.8) is 0 Å². The van der Waals surface area contributed by atoms with E-state index in [9.17, 15) is 8.78 Å². The largest absolute Gasteiger partial charge is 0.204 e. The normalized spacial score (nSPS) is 13.8. The summed E-state index contributed by atoms with van der Waals surface area (Å²) in [6.07, 6.45) is 2.57. The molecule has 0 spiro atoms. The third-order valence-electron chi connectivity index (χ3n) is 3.85. The minimum absolute atomic E-state index is 0.407. The van der Waals surface area contributed by atoms with Crippen LogP contribution in [-0.2, 0) is 6.42 Å². The number of hydrogen-bond acceptors (Lipinski definition) is 0. The third kappa shape index (κ3) is 2.05. The van der Waals surface area contributed by atoms with Gasteiger partial charge in [0.1, 0.15) is 0 Å². The average Bonchev–Trinajstić information content (AvgIpc) is 2.81. The molecule has 0 heterocycles. The Morgan fingerprint density at radius 2 is 1.70 bits per heavy atom. The van der Waals surface area contributed by atoms with Crippen molar-refractivity contribution in [3.05, 3.63) is 70.8 Å². The van der Waals surface area contributed by atoms with Gasteiger partial charge in [-0.25, -0.2) is 8.78 Å². The SMILES string of the molecule is CCCC1=C(c2cccc(F)c2F)Cc2ccccc21. The maximum absolute atomic E-state index is 14.1. The zero-order valence-corrected chi connectivity index (χ0v) is 11.4. The molecule has 0 aliphatic heterocycles. The molecule has 0 saturated carbocycles. The minimum Gasteiger partial charge on any atom is -0.204 e. The number of benzene rings is 2. The molecular weight excluding hydrogens is 254 g/mol. The van der Waals surface area contributed by atoms with Gasteiger partial charge in [0.25, 0.3) is 0 Å². The number of allylic oxidation sites excluding steroid dienone is 2. The Kier molecular flexibility index (Phi) is 3.39. The van der Waals surface area contributed by atoms with Crippen LogP contribution in [0.25, 0.3) is 11.1 Å². The van der Waals surface area contributed by atoms with Gasteiger partial charge < -0.3 is 0 Å². The smallest absolute Gasteiger partial charge is 0.166 e. The highest BCUT2D eigenvalue weighted by Gasteiger charge is 2.24. The Hall–Kier alpha value is -1.96. The van der Waals surface area contributed by atoms with Crippen LogP contribution in [0.15, 0.2) is 42.5 Å². The average molecular weight is 270 g/mol. The topological polar surface area (TPSA) is 0 Å². The molecule has 20 heavy (non-hydrogen) atoms. The molecule has 0 radical (unpaired) electrons. The molecule has 102 valence electrons. The number of fused-ring (bicyclic) bond motifs is 1. The van der Waals surface area contributed by atoms with Crippen LogP contribution < -0.4 is 0 Å². The lowest BCUT2D eigenvalue weighted by Gasteiger charge is -2.09. The van der Waals surface area contributed by atoms with E-state index in [0.717, 1.165) is 24.0 Å². The van der Waals surface area contributed by atoms with Crippen LogP contribution >= 0.6 is 0 Å². The summed E-state index contributed by atoms with van der Waals surface area (Å²) in [7, 11) is 0. The van der Waals surface area contributed by atoms with E-state index < -0.39 is 11.6 Å². The molecule has 0 amide bonds. The Morgan fingerprint density at radius 3 is 2.50 bits per heavy atom. The van der Waals surface area contributed by atoms with Gasteiger partial charge in [-0.15, -0.1) is 0 Å². The van der Waals surface area contributed by atoms with Gasteiger partial charge in [-0.1, -0.05) is 49.7 Å². The monoisotopic (exact) mass is 270 g/mol. The lowest BCUT2D eigenvalue weighted by atomic mass is 9.97. The number of rotatable bonds is 3. The Labute approximate surface area is 117 Å². The first-order chi connectivity index (χ1) is 9.72. The highest BCUT2D eigenvalue weighted by molar-refractivity contribution is 5.97. The van der Waals surface area contributed by atoms with Gasteiger partial charge in [0.05, 0.1) is 0 Å². The fourth-order valence-electron chi connectivity index (χ4n) is 2.96. The van der Waals surface area contributed by atoms with E-state index in [1.54, 1.807) is 12.1 Å². The molecule has 1 aliphatic carbocycles. The van der Waals surface area contributed by atoms with Crippen LogP contribution in [0.4, 0.5) is 8.78 Å². The zero-order valence-electron chi connectivity index (χ0n) is 11.4. The Balaban J connectivity index is 2.17. The van der Waals surface area contributed by atoms with Crippen molar-refractivity contribution in [2.75, 3.05) is 0 Å². The summed E-state index contributed by atoms with van der Waals surface area (Å²) >= 11 is 0. The standard InChI is InChI=1S/C18H16F2/c1-2-6-14-13-8-4-3-7-12(13)11-16(14)15-9-5-10-17(19)18(15)20/h3-5,7-10H,2,6,11H2,1H3. The van der Waals surface area contributed by atoms with Crippen molar-refractivity contribution in [1.82, 2.24) is 0 Å². The van der Waals surface area contributed by atoms with Gasteiger partial charge >= 0.3 is 0 Å². The fraction of sp³-hybridized carbons (Fsp3) is 0.222. The van der Waals surface area contributed by atoms with Crippen molar-refractivity contribution in [2.45, 2.75) is 26.2 Å². The Bertz CT molecular complexity index is 684. The first kappa shape index (κ1) is 13.0. The van der Waals surface area contributed by atoms with E-state index in [1.807, 2.05) is 12.1 Å². The van der Waals surface area contributed by atoms with Crippen molar-refractivity contribution < 1.29 is 8.78 Å². The molecule has 2 aromatic rings. The zero-order chi connectivity index (χ0) is 14.1. The van der Waals surface area contributed by atoms with Crippen molar-refractivity contribution in [2.24, 2.45) is 0 Å². The lowest BCUT2D eigenvalue weighted by Crippen LogP contribution is -1.95. The quantitative estimate of drug-likeness (QED) is 0.716. The highest BCUT2D eigenvalue weighted by Crippen LogP contribution is 2.41. The molecule has 0 atom stereocenters. The summed E-state index contributed by atoms with van der Waals surface area (Å²) in [4.78, 5) is 0. The predicted octanol–water partition coefficient (Wildman–Crippen LogP) is 5.23. The molecule has 0 saturated heterocycles. The van der Waals surface area contributed by atoms with E-state index >= 15 is 0 Å². The van der Waals surface area contributed by atoms with Crippen LogP contribution in [0.3, 0.4) is 0 Å². The van der Waals surface area contributed by atoms with Gasteiger partial charge in [-0.2, -0.15) is 0 Å². The number of hydrogen-bond donors (Lipinski definition) is 0. The molecule has 0 bridgehead atoms. The van der Waals surface area contributed by atoms with E-state index in [2.05, 4.69) is 19.1 Å². The van der Waals surface area contributed by atoms with Crippen molar-refractivity contribution in [1.29, 1.82) is 0 Å². The second kappa shape index (κ2) is 5.20. The highest BCUT2D eigenvalue weighted by atomic mass is 19.2. The predicted molar refractivity (Wildman–Crippen MR) is 78.2 cm³/mol. The molecule has 0 aromatic heterocycles. The van der Waals surface area contributed by atoms with Crippen LogP contribution in [0.2, 0.25) is 0 Å². The second-order valence-corrected chi connectivity index (χ2v) is 5.14. The molecule has 3 rings (SSSR count). The second-order valence-electron chi connectivity index (χ2n) is 5.14. The molecule has 0 fully saturated rings. The summed E-state index contributed by atoms with van der Waals surface area (Å²) in [6.45, 7) is 2.10. The van der Waals surface area contributed by atoms with Crippen LogP contribution in [0.1, 0.15) is 36.5 Å². The lowest BCUT2D eigenvalue weighted by molar-refractivity contribution is 0.506. The molecule has 1 aliphatic rings. The van der Waals surface area contributed by atoms with E-state index in [4.69, 9.17) is 0 Å². The van der Waals surface area contributed by atoms with Crippen LogP contribution in [0.5, 0.6) is 0 Å². The first-order valence-electron chi connectivity index (χ1n) is 6.97. The summed E-state index contributed by atoms with van der Waals surface area (Å²) in [5.74, 6) is -1.51. The minimum atomic E-state index is -0.776. The molecule has 0 unspecified atom stereocenters. The van der Waals surface area contributed by atoms with Gasteiger partial charge in [0.15, 0.2) is 11.6 Å². The number of halogens is 2. The summed E-state index contributed by atoms with van der Waals surface area (Å²) in [5.41, 5.74) is 4.89. The van der Waals surface area contributed by atoms with Crippen molar-refractivity contribution in [3.8, 4) is 0 Å². The van der Waals surface area contributed by atoms with Crippen molar-refractivity contribution >= 4 is 11.1 Å². The molecule has 0 N–H and O–H groups in total. The van der Waals surface area contributed by atoms with Crippen LogP contribution in [-0.4, -0.2) is 0 Å². The molecule has 2 heteroatoms. The first-order valence-corrected chi connectivity index (χ1v) is 6.97. The van der Waals surface area contributed by atoms with E-state index in [-0.39, 0.29) is 0 Å². The van der Waals surface area contributed by atoms with Gasteiger partial charge in [0.2, 0.25) is 0 Å². The summed E-state index contributed by atoms with van der Waals surface area (Å²) < 4.78 is 27.6. The summed E-state index contributed by atoms with van der Waals surface area (Å²) in [6, 6.07) is 12.6. The van der Waals surface area contributed by atoms with Gasteiger partial charge in [-0.05, 0) is 41.2 Å². The fourth-order valence-corrected chi connectivity index (χ4v) is 2.96. The third-order valence-corrected chi connectivity index (χ3v) is 3.85. The van der Waals surface area contributed by atoms with Gasteiger partial charge in [-0.3, -0.25) is 0 Å². The molecular formula is C18H16F2. The van der Waals surface area contributed by atoms with E-state index in [1.165, 1.54) is 17.2 Å². The Morgan fingerprint density at radius 1 is 0.950 bits per heavy atom. The maximum atomic E-state index is 14.1. The van der Waals surface area contributed by atoms with E-state index in [0.29, 0.717) is 12.0 Å².